The molecule has 0 aliphatic carbocycles. The second-order valence-electron chi connectivity index (χ2n) is 6.23. The average Bonchev–Trinajstić information content (AvgIpc) is 2.68. The van der Waals surface area contributed by atoms with Gasteiger partial charge in [-0.05, 0) is 32.9 Å². The van der Waals surface area contributed by atoms with Crippen molar-refractivity contribution in [1.82, 2.24) is 5.09 Å². The zero-order valence-corrected chi connectivity index (χ0v) is 17.6. The zero-order valence-electron chi connectivity index (χ0n) is 15.9. The number of halogens is 5. The van der Waals surface area contributed by atoms with Crippen molar-refractivity contribution in [2.45, 2.75) is 37.8 Å². The summed E-state index contributed by atoms with van der Waals surface area (Å²) in [5.74, 6) is -12.0. The molecule has 0 spiro atoms. The van der Waals surface area contributed by atoms with E-state index in [1.807, 2.05) is 0 Å². The van der Waals surface area contributed by atoms with Gasteiger partial charge in [-0.15, -0.1) is 0 Å². The van der Waals surface area contributed by atoms with E-state index in [9.17, 15) is 31.3 Å². The van der Waals surface area contributed by atoms with Gasteiger partial charge in [0.25, 0.3) is 0 Å². The molecule has 12 heteroatoms. The second kappa shape index (κ2) is 9.80. The Hall–Kier alpha value is -2.10. The lowest BCUT2D eigenvalue weighted by atomic mass is 10.3. The lowest BCUT2D eigenvalue weighted by molar-refractivity contribution is -0.148. The molecular formula is C18H17F5NO4PS. The van der Waals surface area contributed by atoms with Crippen LogP contribution in [0.4, 0.5) is 22.0 Å². The summed E-state index contributed by atoms with van der Waals surface area (Å²) in [5.41, 5.74) is 0. The Labute approximate surface area is 173 Å². The molecule has 1 N–H and O–H groups in total. The van der Waals surface area contributed by atoms with Crippen LogP contribution in [0.2, 0.25) is 0 Å². The molecular weight excluding hydrogens is 452 g/mol. The quantitative estimate of drug-likeness (QED) is 0.179. The Kier molecular flexibility index (Phi) is 7.90. The van der Waals surface area contributed by atoms with Gasteiger partial charge in [0.1, 0.15) is 11.8 Å². The molecule has 2 aromatic rings. The van der Waals surface area contributed by atoms with Gasteiger partial charge in [0, 0.05) is 11.4 Å². The third-order valence-electron chi connectivity index (χ3n) is 3.41. The highest BCUT2D eigenvalue weighted by Gasteiger charge is 2.37. The Morgan fingerprint density at radius 2 is 1.43 bits per heavy atom. The Morgan fingerprint density at radius 1 is 0.933 bits per heavy atom. The highest BCUT2D eigenvalue weighted by Crippen LogP contribution is 2.60. The van der Waals surface area contributed by atoms with Gasteiger partial charge in [0.2, 0.25) is 5.82 Å². The SMILES string of the molecule is CC(C)OC(=O)[C@H](C)N[P@@](=O)(Oc1ccccc1)Sc1c(F)c(F)c(F)c(F)c1F. The van der Waals surface area contributed by atoms with Crippen LogP contribution in [0.3, 0.4) is 0 Å². The summed E-state index contributed by atoms with van der Waals surface area (Å²) in [7, 11) is 0. The smallest absolute Gasteiger partial charge is 0.379 e. The van der Waals surface area contributed by atoms with Crippen molar-refractivity contribution < 1.29 is 40.6 Å². The van der Waals surface area contributed by atoms with Gasteiger partial charge in [0.15, 0.2) is 23.3 Å². The van der Waals surface area contributed by atoms with Gasteiger partial charge < -0.3 is 9.26 Å². The molecule has 0 aliphatic rings. The van der Waals surface area contributed by atoms with Crippen molar-refractivity contribution in [2.24, 2.45) is 0 Å². The molecule has 0 heterocycles. The van der Waals surface area contributed by atoms with Crippen molar-refractivity contribution in [2.75, 3.05) is 0 Å². The first-order chi connectivity index (χ1) is 13.9. The third-order valence-corrected chi connectivity index (χ3v) is 7.15. The number of carbonyl (C=O) groups is 1. The van der Waals surface area contributed by atoms with Gasteiger partial charge in [-0.1, -0.05) is 18.2 Å². The van der Waals surface area contributed by atoms with Crippen LogP contribution >= 0.6 is 18.1 Å². The molecule has 164 valence electrons. The normalized spacial score (nSPS) is 14.3. The summed E-state index contributed by atoms with van der Waals surface area (Å²) in [4.78, 5) is 10.6. The fourth-order valence-corrected chi connectivity index (χ4v) is 6.01. The number of rotatable bonds is 8. The highest BCUT2D eigenvalue weighted by atomic mass is 32.7. The van der Waals surface area contributed by atoms with E-state index in [-0.39, 0.29) is 17.1 Å². The first-order valence-corrected chi connectivity index (χ1v) is 11.5. The van der Waals surface area contributed by atoms with E-state index in [0.29, 0.717) is 0 Å². The van der Waals surface area contributed by atoms with Crippen LogP contribution in [0, 0.1) is 29.1 Å². The molecule has 30 heavy (non-hydrogen) atoms. The number of benzene rings is 2. The molecule has 0 fully saturated rings. The number of carbonyl (C=O) groups excluding carboxylic acids is 1. The molecule has 2 aromatic carbocycles. The lowest BCUT2D eigenvalue weighted by Gasteiger charge is -2.23. The van der Waals surface area contributed by atoms with E-state index >= 15 is 0 Å². The van der Waals surface area contributed by atoms with Gasteiger partial charge in [-0.25, -0.2) is 31.6 Å². The Morgan fingerprint density at radius 3 is 1.93 bits per heavy atom. The summed E-state index contributed by atoms with van der Waals surface area (Å²) in [6, 6.07) is 6.01. The van der Waals surface area contributed by atoms with Crippen LogP contribution in [0.5, 0.6) is 5.75 Å². The molecule has 0 unspecified atom stereocenters. The molecule has 0 aromatic heterocycles. The first-order valence-electron chi connectivity index (χ1n) is 8.49. The monoisotopic (exact) mass is 469 g/mol. The number of ether oxygens (including phenoxy) is 1. The highest BCUT2D eigenvalue weighted by molar-refractivity contribution is 8.56. The molecule has 0 amide bonds. The van der Waals surface area contributed by atoms with Crippen LogP contribution < -0.4 is 9.61 Å². The van der Waals surface area contributed by atoms with E-state index in [1.165, 1.54) is 31.2 Å². The van der Waals surface area contributed by atoms with Crippen LogP contribution in [0.1, 0.15) is 20.8 Å². The minimum absolute atomic E-state index is 0.0332. The average molecular weight is 469 g/mol. The van der Waals surface area contributed by atoms with E-state index in [1.54, 1.807) is 19.9 Å². The first kappa shape index (κ1) is 24.2. The van der Waals surface area contributed by atoms with Crippen molar-refractivity contribution >= 4 is 24.1 Å². The number of para-hydroxylation sites is 1. The topological polar surface area (TPSA) is 64.6 Å². The molecule has 0 saturated carbocycles. The number of esters is 1. The third kappa shape index (κ3) is 5.74. The van der Waals surface area contributed by atoms with E-state index in [4.69, 9.17) is 9.26 Å². The maximum atomic E-state index is 14.1. The maximum absolute atomic E-state index is 14.1. The predicted molar refractivity (Wildman–Crippen MR) is 101 cm³/mol. The van der Waals surface area contributed by atoms with Crippen molar-refractivity contribution in [3.05, 3.63) is 59.4 Å². The van der Waals surface area contributed by atoms with E-state index in [2.05, 4.69) is 5.09 Å². The van der Waals surface area contributed by atoms with E-state index < -0.39 is 58.8 Å². The molecule has 0 bridgehead atoms. The molecule has 2 rings (SSSR count). The van der Waals surface area contributed by atoms with Crippen LogP contribution in [0.15, 0.2) is 35.2 Å². The van der Waals surface area contributed by atoms with Gasteiger partial charge in [-0.3, -0.25) is 4.79 Å². The maximum Gasteiger partial charge on any atom is 0.379 e. The summed E-state index contributed by atoms with van der Waals surface area (Å²) in [5, 5.41) is 2.25. The fraction of sp³-hybridized carbons (Fsp3) is 0.278. The summed E-state index contributed by atoms with van der Waals surface area (Å²) < 4.78 is 92.1. The lowest BCUT2D eigenvalue weighted by Crippen LogP contribution is -2.35. The molecule has 0 aliphatic heterocycles. The van der Waals surface area contributed by atoms with Gasteiger partial charge >= 0.3 is 12.7 Å². The summed E-state index contributed by atoms with van der Waals surface area (Å²) in [6.45, 7) is -0.127. The minimum Gasteiger partial charge on any atom is -0.462 e. The Bertz CT molecular complexity index is 948. The van der Waals surface area contributed by atoms with E-state index in [0.717, 1.165) is 0 Å². The molecule has 0 radical (unpaired) electrons. The van der Waals surface area contributed by atoms with Crippen molar-refractivity contribution in [3.63, 3.8) is 0 Å². The van der Waals surface area contributed by atoms with Crippen molar-refractivity contribution in [3.8, 4) is 5.75 Å². The number of hydrogen-bond donors (Lipinski definition) is 1. The number of nitrogens with one attached hydrogen (secondary N) is 1. The summed E-state index contributed by atoms with van der Waals surface area (Å²) >= 11 is -0.241. The number of hydrogen-bond acceptors (Lipinski definition) is 5. The predicted octanol–water partition coefficient (Wildman–Crippen LogP) is 5.59. The second-order valence-corrected chi connectivity index (χ2v) is 10.2. The van der Waals surface area contributed by atoms with Gasteiger partial charge in [-0.2, -0.15) is 0 Å². The molecule has 5 nitrogen and oxygen atoms in total. The standard InChI is InChI=1S/C18H17F5NO4PS/c1-9(2)27-18(25)10(3)24-29(26,28-11-7-5-4-6-8-11)30-17-15(22)13(20)12(19)14(21)16(17)23/h4-10H,1-3H3,(H,24,26)/t10-,29+/m0/s1. The van der Waals surface area contributed by atoms with Crippen molar-refractivity contribution in [1.29, 1.82) is 0 Å². The van der Waals surface area contributed by atoms with Crippen LogP contribution in [-0.4, -0.2) is 18.1 Å². The fourth-order valence-electron chi connectivity index (χ4n) is 2.10. The van der Waals surface area contributed by atoms with Crippen LogP contribution in [-0.2, 0) is 14.1 Å². The minimum atomic E-state index is -4.50. The molecule has 2 atom stereocenters. The van der Waals surface area contributed by atoms with Crippen LogP contribution in [0.25, 0.3) is 0 Å². The zero-order chi connectivity index (χ0) is 22.6. The largest absolute Gasteiger partial charge is 0.462 e. The Balaban J connectivity index is 2.45. The van der Waals surface area contributed by atoms with Gasteiger partial charge in [0.05, 0.1) is 11.0 Å². The summed E-state index contributed by atoms with van der Waals surface area (Å²) in [6.07, 6.45) is -0.515. The molecule has 0 saturated heterocycles.